The number of hydrogen-bond donors (Lipinski definition) is 0. The van der Waals surface area contributed by atoms with Gasteiger partial charge in [-0.3, -0.25) is 0 Å². The summed E-state index contributed by atoms with van der Waals surface area (Å²) in [5.41, 5.74) is 4.24. The van der Waals surface area contributed by atoms with Gasteiger partial charge in [0.15, 0.2) is 0 Å². The Hall–Kier alpha value is -0.260. The smallest absolute Gasteiger partial charge is 0.00857 e. The zero-order valence-corrected chi connectivity index (χ0v) is 16.0. The lowest BCUT2D eigenvalue weighted by atomic mass is 9.66. The van der Waals surface area contributed by atoms with Crippen molar-refractivity contribution in [1.29, 1.82) is 0 Å². The van der Waals surface area contributed by atoms with Crippen LogP contribution in [0.4, 0.5) is 0 Å². The first-order valence-electron chi connectivity index (χ1n) is 9.86. The Kier molecular flexibility index (Phi) is 12.1. The van der Waals surface area contributed by atoms with Gasteiger partial charge < -0.3 is 0 Å². The summed E-state index contributed by atoms with van der Waals surface area (Å²) in [7, 11) is 0. The summed E-state index contributed by atoms with van der Waals surface area (Å²) in [5.74, 6) is 0. The van der Waals surface area contributed by atoms with Gasteiger partial charge in [-0.15, -0.1) is 0 Å². The van der Waals surface area contributed by atoms with Crippen LogP contribution < -0.4 is 0 Å². The van der Waals surface area contributed by atoms with Crippen LogP contribution in [0, 0.1) is 5.41 Å². The van der Waals surface area contributed by atoms with Gasteiger partial charge in [-0.05, 0) is 43.9 Å². The molecule has 0 unspecified atom stereocenters. The highest BCUT2D eigenvalue weighted by Crippen LogP contribution is 2.46. The fourth-order valence-electron chi connectivity index (χ4n) is 4.36. The van der Waals surface area contributed by atoms with Gasteiger partial charge in [0.25, 0.3) is 0 Å². The topological polar surface area (TPSA) is 0 Å². The fourth-order valence-corrected chi connectivity index (χ4v) is 4.36. The van der Waals surface area contributed by atoms with Crippen LogP contribution in [-0.4, -0.2) is 0 Å². The van der Waals surface area contributed by atoms with Crippen LogP contribution in [0.5, 0.6) is 0 Å². The third-order valence-electron chi connectivity index (χ3n) is 4.86. The monoisotopic (exact) mass is 294 g/mol. The molecule has 0 aromatic heterocycles. The highest BCUT2D eigenvalue weighted by molar-refractivity contribution is 5.23. The first-order chi connectivity index (χ1) is 10.2. The van der Waals surface area contributed by atoms with Gasteiger partial charge in [-0.2, -0.15) is 0 Å². The lowest BCUT2D eigenvalue weighted by Gasteiger charge is -2.39. The summed E-state index contributed by atoms with van der Waals surface area (Å²) in [6.07, 6.45) is 16.1. The molecule has 0 aliphatic heterocycles. The van der Waals surface area contributed by atoms with Crippen molar-refractivity contribution in [3.63, 3.8) is 0 Å². The minimum absolute atomic E-state index is 0.522. The highest BCUT2D eigenvalue weighted by atomic mass is 14.4. The van der Waals surface area contributed by atoms with Crippen molar-refractivity contribution < 1.29 is 0 Å². The molecule has 0 N–H and O–H groups in total. The van der Waals surface area contributed by atoms with Crippen molar-refractivity contribution in [1.82, 2.24) is 0 Å². The molecule has 0 heteroatoms. The molecule has 126 valence electrons. The standard InChI is InChI=1S/C21H42/c1-7-13-19(14-8-2)20(15-9-3)21(16-10-4,17-11-5)18-12-6/h7-18H2,1-6H3. The Bertz CT molecular complexity index is 247. The summed E-state index contributed by atoms with van der Waals surface area (Å²) in [6.45, 7) is 14.2. The van der Waals surface area contributed by atoms with Crippen LogP contribution in [-0.2, 0) is 0 Å². The van der Waals surface area contributed by atoms with Crippen LogP contribution in [0.25, 0.3) is 0 Å². The van der Waals surface area contributed by atoms with Gasteiger partial charge in [0.1, 0.15) is 0 Å². The Morgan fingerprint density at radius 2 is 0.905 bits per heavy atom. The Morgan fingerprint density at radius 1 is 0.524 bits per heavy atom. The molecule has 0 aromatic rings. The molecular formula is C21H42. The van der Waals surface area contributed by atoms with Crippen LogP contribution in [0.2, 0.25) is 0 Å². The molecule has 0 nitrogen and oxygen atoms in total. The van der Waals surface area contributed by atoms with E-state index in [-0.39, 0.29) is 0 Å². The molecule has 0 fully saturated rings. The zero-order chi connectivity index (χ0) is 16.1. The number of allylic oxidation sites excluding steroid dienone is 2. The molecule has 0 spiro atoms. The van der Waals surface area contributed by atoms with E-state index in [4.69, 9.17) is 0 Å². The quantitative estimate of drug-likeness (QED) is 0.301. The lowest BCUT2D eigenvalue weighted by Crippen LogP contribution is -2.25. The van der Waals surface area contributed by atoms with Gasteiger partial charge in [-0.1, -0.05) is 91.2 Å². The maximum Gasteiger partial charge on any atom is -0.00857 e. The zero-order valence-electron chi connectivity index (χ0n) is 16.0. The van der Waals surface area contributed by atoms with Gasteiger partial charge in [0.05, 0.1) is 0 Å². The van der Waals surface area contributed by atoms with Gasteiger partial charge in [-0.25, -0.2) is 0 Å². The van der Waals surface area contributed by atoms with E-state index in [0.717, 1.165) is 0 Å². The molecule has 0 rings (SSSR count). The first-order valence-corrected chi connectivity index (χ1v) is 9.86. The van der Waals surface area contributed by atoms with Gasteiger partial charge in [0, 0.05) is 0 Å². The van der Waals surface area contributed by atoms with E-state index in [2.05, 4.69) is 41.5 Å². The average molecular weight is 295 g/mol. The van der Waals surface area contributed by atoms with Crippen molar-refractivity contribution >= 4 is 0 Å². The molecule has 21 heavy (non-hydrogen) atoms. The molecule has 0 amide bonds. The third-order valence-corrected chi connectivity index (χ3v) is 4.86. The molecule has 0 saturated carbocycles. The van der Waals surface area contributed by atoms with E-state index in [0.29, 0.717) is 5.41 Å². The van der Waals surface area contributed by atoms with Crippen LogP contribution in [0.1, 0.15) is 119 Å². The Morgan fingerprint density at radius 3 is 1.19 bits per heavy atom. The summed E-state index contributed by atoms with van der Waals surface area (Å²) >= 11 is 0. The second kappa shape index (κ2) is 12.3. The van der Waals surface area contributed by atoms with Crippen molar-refractivity contribution in [3.8, 4) is 0 Å². The van der Waals surface area contributed by atoms with E-state index in [1.165, 1.54) is 77.0 Å². The largest absolute Gasteiger partial charge is 0.0705 e. The molecule has 0 bridgehead atoms. The third kappa shape index (κ3) is 6.57. The average Bonchev–Trinajstić information content (AvgIpc) is 2.45. The summed E-state index contributed by atoms with van der Waals surface area (Å²) < 4.78 is 0. The molecule has 0 aromatic carbocycles. The fraction of sp³-hybridized carbons (Fsp3) is 0.905. The highest BCUT2D eigenvalue weighted by Gasteiger charge is 2.32. The molecule has 0 atom stereocenters. The minimum atomic E-state index is 0.522. The molecule has 0 radical (unpaired) electrons. The van der Waals surface area contributed by atoms with E-state index in [1.54, 1.807) is 0 Å². The Balaban J connectivity index is 5.77. The minimum Gasteiger partial charge on any atom is -0.0705 e. The predicted molar refractivity (Wildman–Crippen MR) is 98.9 cm³/mol. The second-order valence-corrected chi connectivity index (χ2v) is 6.86. The first kappa shape index (κ1) is 20.7. The maximum atomic E-state index is 2.38. The van der Waals surface area contributed by atoms with Crippen LogP contribution in [0.3, 0.4) is 0 Å². The van der Waals surface area contributed by atoms with E-state index in [9.17, 15) is 0 Å². The summed E-state index contributed by atoms with van der Waals surface area (Å²) in [6, 6.07) is 0. The normalized spacial score (nSPS) is 11.7. The van der Waals surface area contributed by atoms with Crippen LogP contribution >= 0.6 is 0 Å². The van der Waals surface area contributed by atoms with Gasteiger partial charge >= 0.3 is 0 Å². The van der Waals surface area contributed by atoms with Crippen molar-refractivity contribution in [2.45, 2.75) is 119 Å². The second-order valence-electron chi connectivity index (χ2n) is 6.86. The van der Waals surface area contributed by atoms with Crippen molar-refractivity contribution in [2.75, 3.05) is 0 Å². The van der Waals surface area contributed by atoms with E-state index >= 15 is 0 Å². The molecule has 0 aliphatic rings. The van der Waals surface area contributed by atoms with Crippen molar-refractivity contribution in [2.24, 2.45) is 5.41 Å². The molecule has 0 aliphatic carbocycles. The van der Waals surface area contributed by atoms with Gasteiger partial charge in [0.2, 0.25) is 0 Å². The maximum absolute atomic E-state index is 2.38. The molecule has 0 saturated heterocycles. The summed E-state index contributed by atoms with van der Waals surface area (Å²) in [5, 5.41) is 0. The predicted octanol–water partition coefficient (Wildman–Crippen LogP) is 8.07. The van der Waals surface area contributed by atoms with E-state index in [1.807, 2.05) is 11.1 Å². The molecule has 0 heterocycles. The SMILES string of the molecule is CCCC(CCC)=C(CCC)C(CCC)(CCC)CCC. The summed E-state index contributed by atoms with van der Waals surface area (Å²) in [4.78, 5) is 0. The van der Waals surface area contributed by atoms with E-state index < -0.39 is 0 Å². The molecular weight excluding hydrogens is 252 g/mol. The van der Waals surface area contributed by atoms with Crippen LogP contribution in [0.15, 0.2) is 11.1 Å². The number of rotatable bonds is 13. The lowest BCUT2D eigenvalue weighted by molar-refractivity contribution is 0.254. The van der Waals surface area contributed by atoms with Crippen molar-refractivity contribution in [3.05, 3.63) is 11.1 Å². The Labute approximate surface area is 135 Å². The number of hydrogen-bond acceptors (Lipinski definition) is 0.